The summed E-state index contributed by atoms with van der Waals surface area (Å²) in [5, 5.41) is 9.12. The lowest BCUT2D eigenvalue weighted by molar-refractivity contribution is 0.0767. The number of rotatable bonds is 3. The zero-order valence-electron chi connectivity index (χ0n) is 8.20. The summed E-state index contributed by atoms with van der Waals surface area (Å²) in [5.74, 6) is -0.199. The van der Waals surface area contributed by atoms with Crippen molar-refractivity contribution in [2.45, 2.75) is 0 Å². The van der Waals surface area contributed by atoms with Gasteiger partial charge in [0.1, 0.15) is 0 Å². The van der Waals surface area contributed by atoms with Gasteiger partial charge in [-0.3, -0.25) is 4.79 Å². The number of carbonyl (C=O) groups is 1. The second-order valence-electron chi connectivity index (χ2n) is 3.05. The molecule has 0 unspecified atom stereocenters. The fourth-order valence-electron chi connectivity index (χ4n) is 1.13. The van der Waals surface area contributed by atoms with Gasteiger partial charge in [0.25, 0.3) is 5.91 Å². The van der Waals surface area contributed by atoms with E-state index in [1.165, 1.54) is 4.90 Å². The highest BCUT2D eigenvalue weighted by Crippen LogP contribution is 2.26. The Morgan fingerprint density at radius 3 is 2.87 bits per heavy atom. The number of halogens is 2. The Balaban J connectivity index is 2.96. The average molecular weight is 293 g/mol. The third-order valence-electron chi connectivity index (χ3n) is 1.96. The zero-order chi connectivity index (χ0) is 11.4. The summed E-state index contributed by atoms with van der Waals surface area (Å²) >= 11 is 9.23. The van der Waals surface area contributed by atoms with E-state index in [0.29, 0.717) is 21.6 Å². The van der Waals surface area contributed by atoms with Crippen molar-refractivity contribution in [2.75, 3.05) is 20.2 Å². The molecule has 0 fully saturated rings. The summed E-state index contributed by atoms with van der Waals surface area (Å²) in [7, 11) is 1.62. The average Bonchev–Trinajstić information content (AvgIpc) is 2.21. The number of aliphatic hydroxyl groups excluding tert-OH is 1. The maximum absolute atomic E-state index is 11.8. The van der Waals surface area contributed by atoms with Crippen LogP contribution in [0.5, 0.6) is 0 Å². The molecule has 0 aliphatic heterocycles. The summed E-state index contributed by atoms with van der Waals surface area (Å²) < 4.78 is 0.687. The number of hydrogen-bond donors (Lipinski definition) is 1. The number of nitrogens with zero attached hydrogens (tertiary/aromatic N) is 1. The van der Waals surface area contributed by atoms with Gasteiger partial charge in [0.05, 0.1) is 17.2 Å². The van der Waals surface area contributed by atoms with Crippen molar-refractivity contribution in [2.24, 2.45) is 0 Å². The van der Waals surface area contributed by atoms with Crippen LogP contribution in [0.2, 0.25) is 5.02 Å². The summed E-state index contributed by atoms with van der Waals surface area (Å²) in [5.41, 5.74) is 0.432. The van der Waals surface area contributed by atoms with Crippen molar-refractivity contribution in [3.8, 4) is 0 Å². The molecule has 1 rings (SSSR count). The largest absolute Gasteiger partial charge is 0.395 e. The standard InChI is InChI=1S/C10H11BrClNO2/c1-13(5-6-14)10(15)7-3-2-4-8(11)9(7)12/h2-4,14H,5-6H2,1H3. The topological polar surface area (TPSA) is 40.5 Å². The lowest BCUT2D eigenvalue weighted by Gasteiger charge is -2.16. The Bertz CT molecular complexity index is 370. The number of benzene rings is 1. The molecule has 1 aromatic carbocycles. The number of hydrogen-bond acceptors (Lipinski definition) is 2. The monoisotopic (exact) mass is 291 g/mol. The second-order valence-corrected chi connectivity index (χ2v) is 4.28. The van der Waals surface area contributed by atoms with Gasteiger partial charge in [0.2, 0.25) is 0 Å². The third kappa shape index (κ3) is 2.93. The van der Waals surface area contributed by atoms with Crippen LogP contribution >= 0.6 is 27.5 Å². The normalized spacial score (nSPS) is 10.1. The summed E-state index contributed by atoms with van der Waals surface area (Å²) in [6, 6.07) is 5.17. The van der Waals surface area contributed by atoms with Crippen LogP contribution in [-0.4, -0.2) is 36.1 Å². The Labute approximate surface area is 102 Å². The molecule has 0 saturated heterocycles. The summed E-state index contributed by atoms with van der Waals surface area (Å²) in [4.78, 5) is 13.2. The third-order valence-corrected chi connectivity index (χ3v) is 3.26. The first-order valence-corrected chi connectivity index (χ1v) is 5.55. The van der Waals surface area contributed by atoms with Crippen LogP contribution in [0.1, 0.15) is 10.4 Å². The molecule has 15 heavy (non-hydrogen) atoms. The van der Waals surface area contributed by atoms with Gasteiger partial charge in [-0.05, 0) is 28.1 Å². The van der Waals surface area contributed by atoms with Gasteiger partial charge in [-0.15, -0.1) is 0 Å². The van der Waals surface area contributed by atoms with Crippen LogP contribution in [0.25, 0.3) is 0 Å². The Hall–Kier alpha value is -0.580. The van der Waals surface area contributed by atoms with Crippen molar-refractivity contribution in [1.29, 1.82) is 0 Å². The van der Waals surface area contributed by atoms with Crippen LogP contribution in [0.15, 0.2) is 22.7 Å². The molecule has 0 aliphatic rings. The van der Waals surface area contributed by atoms with Gasteiger partial charge < -0.3 is 10.0 Å². The number of aliphatic hydroxyl groups is 1. The fraction of sp³-hybridized carbons (Fsp3) is 0.300. The first kappa shape index (κ1) is 12.5. The summed E-state index contributed by atoms with van der Waals surface area (Å²) in [6.45, 7) is 0.232. The lowest BCUT2D eigenvalue weighted by Crippen LogP contribution is -2.29. The highest BCUT2D eigenvalue weighted by Gasteiger charge is 2.15. The van der Waals surface area contributed by atoms with Gasteiger partial charge in [0.15, 0.2) is 0 Å². The molecule has 0 heterocycles. The molecule has 0 bridgehead atoms. The maximum Gasteiger partial charge on any atom is 0.255 e. The fourth-order valence-corrected chi connectivity index (χ4v) is 1.70. The van der Waals surface area contributed by atoms with Crippen LogP contribution in [0, 0.1) is 0 Å². The number of amides is 1. The molecule has 1 aromatic rings. The first-order valence-electron chi connectivity index (χ1n) is 4.38. The van der Waals surface area contributed by atoms with E-state index in [2.05, 4.69) is 15.9 Å². The van der Waals surface area contributed by atoms with Gasteiger partial charge in [-0.1, -0.05) is 17.7 Å². The van der Waals surface area contributed by atoms with E-state index < -0.39 is 0 Å². The second kappa shape index (κ2) is 5.49. The Morgan fingerprint density at radius 1 is 1.60 bits per heavy atom. The molecule has 0 radical (unpaired) electrons. The van der Waals surface area contributed by atoms with E-state index in [-0.39, 0.29) is 12.5 Å². The van der Waals surface area contributed by atoms with Crippen molar-refractivity contribution in [1.82, 2.24) is 4.90 Å². The SMILES string of the molecule is CN(CCO)C(=O)c1cccc(Br)c1Cl. The maximum atomic E-state index is 11.8. The molecule has 3 nitrogen and oxygen atoms in total. The molecule has 1 N–H and O–H groups in total. The molecule has 0 saturated carbocycles. The van der Waals surface area contributed by atoms with E-state index in [9.17, 15) is 4.79 Å². The Morgan fingerprint density at radius 2 is 2.27 bits per heavy atom. The van der Waals surface area contributed by atoms with Crippen LogP contribution in [0.4, 0.5) is 0 Å². The van der Waals surface area contributed by atoms with E-state index in [1.807, 2.05) is 0 Å². The molecule has 0 atom stereocenters. The smallest absolute Gasteiger partial charge is 0.255 e. The van der Waals surface area contributed by atoms with E-state index in [1.54, 1.807) is 25.2 Å². The Kier molecular flexibility index (Phi) is 4.57. The number of likely N-dealkylation sites (N-methyl/N-ethyl adjacent to an activating group) is 1. The van der Waals surface area contributed by atoms with Crippen molar-refractivity contribution in [3.05, 3.63) is 33.3 Å². The van der Waals surface area contributed by atoms with Gasteiger partial charge >= 0.3 is 0 Å². The highest BCUT2D eigenvalue weighted by molar-refractivity contribution is 9.10. The van der Waals surface area contributed by atoms with Crippen LogP contribution in [0.3, 0.4) is 0 Å². The summed E-state index contributed by atoms with van der Waals surface area (Å²) in [6.07, 6.45) is 0. The van der Waals surface area contributed by atoms with Crippen LogP contribution < -0.4 is 0 Å². The molecule has 0 aromatic heterocycles. The minimum atomic E-state index is -0.199. The van der Waals surface area contributed by atoms with Gasteiger partial charge in [-0.2, -0.15) is 0 Å². The predicted molar refractivity (Wildman–Crippen MR) is 63.2 cm³/mol. The van der Waals surface area contributed by atoms with E-state index >= 15 is 0 Å². The first-order chi connectivity index (χ1) is 7.07. The molecular formula is C10H11BrClNO2. The lowest BCUT2D eigenvalue weighted by atomic mass is 10.2. The highest BCUT2D eigenvalue weighted by atomic mass is 79.9. The van der Waals surface area contributed by atoms with Crippen molar-refractivity contribution >= 4 is 33.4 Å². The molecule has 5 heteroatoms. The minimum Gasteiger partial charge on any atom is -0.395 e. The minimum absolute atomic E-state index is 0.0616. The number of carbonyl (C=O) groups excluding carboxylic acids is 1. The molecule has 1 amide bonds. The van der Waals surface area contributed by atoms with Gasteiger partial charge in [-0.25, -0.2) is 0 Å². The van der Waals surface area contributed by atoms with E-state index in [4.69, 9.17) is 16.7 Å². The molecule has 82 valence electrons. The quantitative estimate of drug-likeness (QED) is 0.927. The van der Waals surface area contributed by atoms with Crippen molar-refractivity contribution in [3.63, 3.8) is 0 Å². The van der Waals surface area contributed by atoms with Gasteiger partial charge in [0, 0.05) is 18.1 Å². The molecule has 0 aliphatic carbocycles. The van der Waals surface area contributed by atoms with E-state index in [0.717, 1.165) is 0 Å². The van der Waals surface area contributed by atoms with Crippen molar-refractivity contribution < 1.29 is 9.90 Å². The molecule has 0 spiro atoms. The zero-order valence-corrected chi connectivity index (χ0v) is 10.5. The molecular weight excluding hydrogens is 281 g/mol. The van der Waals surface area contributed by atoms with Crippen LogP contribution in [-0.2, 0) is 0 Å². The predicted octanol–water partition coefficient (Wildman–Crippen LogP) is 2.17.